The Hall–Kier alpha value is -4.25. The number of imidazole rings is 1. The molecule has 2 aromatic carbocycles. The standard InChI is InChI=1S/C25H22FN5O4S/c1-34-19-7-3-17(4-8-19)22-23(31-14-15-35-25(31)30-22)21-11-13-28-24(29-21)27-12-2-16-36(32,33)20-9-5-18(26)6-10-20/h3-11,13-15H,2,12,16H2,1H3,(H,27,28,29). The zero-order chi connectivity index (χ0) is 25.1. The molecule has 36 heavy (non-hydrogen) atoms. The van der Waals surface area contributed by atoms with Gasteiger partial charge >= 0.3 is 5.84 Å². The van der Waals surface area contributed by atoms with Crippen LogP contribution in [0, 0.1) is 5.82 Å². The van der Waals surface area contributed by atoms with Crippen molar-refractivity contribution in [3.63, 3.8) is 0 Å². The van der Waals surface area contributed by atoms with Crippen LogP contribution < -0.4 is 10.1 Å². The first-order valence-corrected chi connectivity index (χ1v) is 12.8. The van der Waals surface area contributed by atoms with Gasteiger partial charge < -0.3 is 14.5 Å². The summed E-state index contributed by atoms with van der Waals surface area (Å²) in [5.41, 5.74) is 2.90. The highest BCUT2D eigenvalue weighted by Crippen LogP contribution is 2.33. The quantitative estimate of drug-likeness (QED) is 0.230. The molecule has 0 aliphatic rings. The van der Waals surface area contributed by atoms with Crippen LogP contribution >= 0.6 is 0 Å². The minimum atomic E-state index is -3.51. The van der Waals surface area contributed by atoms with Crippen molar-refractivity contribution in [1.82, 2.24) is 19.4 Å². The molecule has 0 aliphatic carbocycles. The van der Waals surface area contributed by atoms with Crippen LogP contribution in [-0.4, -0.2) is 47.2 Å². The number of anilines is 1. The van der Waals surface area contributed by atoms with E-state index in [1.165, 1.54) is 12.1 Å². The van der Waals surface area contributed by atoms with Crippen LogP contribution in [0.15, 0.2) is 82.6 Å². The van der Waals surface area contributed by atoms with Crippen molar-refractivity contribution >= 4 is 21.6 Å². The molecule has 0 amide bonds. The minimum Gasteiger partial charge on any atom is -0.497 e. The summed E-state index contributed by atoms with van der Waals surface area (Å²) in [6.07, 6.45) is 5.26. The van der Waals surface area contributed by atoms with E-state index in [0.717, 1.165) is 29.1 Å². The average molecular weight is 508 g/mol. The number of sulfone groups is 1. The normalized spacial score (nSPS) is 11.6. The summed E-state index contributed by atoms with van der Waals surface area (Å²) in [5.74, 6) is 0.943. The van der Waals surface area contributed by atoms with Gasteiger partial charge in [-0.15, -0.1) is 0 Å². The number of oxazole rings is 1. The highest BCUT2D eigenvalue weighted by Gasteiger charge is 2.20. The molecule has 0 fully saturated rings. The minimum absolute atomic E-state index is 0.0921. The first-order chi connectivity index (χ1) is 17.4. The number of fused-ring (bicyclic) bond motifs is 1. The summed E-state index contributed by atoms with van der Waals surface area (Å²) in [6, 6.07) is 14.1. The topological polar surface area (TPSA) is 112 Å². The van der Waals surface area contributed by atoms with Crippen molar-refractivity contribution in [2.75, 3.05) is 24.7 Å². The van der Waals surface area contributed by atoms with E-state index in [1.807, 2.05) is 24.3 Å². The Morgan fingerprint density at radius 3 is 2.58 bits per heavy atom. The number of nitrogens with one attached hydrogen (secondary N) is 1. The Labute approximate surface area is 206 Å². The Morgan fingerprint density at radius 1 is 1.06 bits per heavy atom. The fourth-order valence-corrected chi connectivity index (χ4v) is 5.09. The summed E-state index contributed by atoms with van der Waals surface area (Å²) in [6.45, 7) is 0.336. The summed E-state index contributed by atoms with van der Waals surface area (Å²) < 4.78 is 50.6. The van der Waals surface area contributed by atoms with E-state index in [4.69, 9.17) is 9.15 Å². The zero-order valence-corrected chi connectivity index (χ0v) is 20.1. The first kappa shape index (κ1) is 23.5. The number of methoxy groups -OCH3 is 1. The molecule has 0 saturated heterocycles. The lowest BCUT2D eigenvalue weighted by Gasteiger charge is -2.09. The number of nitrogens with zero attached hydrogens (tertiary/aromatic N) is 4. The van der Waals surface area contributed by atoms with Gasteiger partial charge in [-0.05, 0) is 61.0 Å². The molecule has 0 bridgehead atoms. The van der Waals surface area contributed by atoms with Gasteiger partial charge in [-0.25, -0.2) is 22.8 Å². The third-order valence-corrected chi connectivity index (χ3v) is 7.39. The molecule has 184 valence electrons. The molecule has 0 unspecified atom stereocenters. The molecule has 11 heteroatoms. The van der Waals surface area contributed by atoms with Gasteiger partial charge in [0.05, 0.1) is 23.5 Å². The van der Waals surface area contributed by atoms with Gasteiger partial charge in [0.2, 0.25) is 5.95 Å². The molecule has 0 spiro atoms. The molecule has 0 radical (unpaired) electrons. The van der Waals surface area contributed by atoms with Crippen molar-refractivity contribution in [2.24, 2.45) is 0 Å². The lowest BCUT2D eigenvalue weighted by Crippen LogP contribution is -2.13. The van der Waals surface area contributed by atoms with Crippen molar-refractivity contribution in [2.45, 2.75) is 11.3 Å². The maximum absolute atomic E-state index is 13.1. The molecular weight excluding hydrogens is 485 g/mol. The summed E-state index contributed by atoms with van der Waals surface area (Å²) in [7, 11) is -1.90. The third-order valence-electron chi connectivity index (χ3n) is 5.57. The Morgan fingerprint density at radius 2 is 1.83 bits per heavy atom. The van der Waals surface area contributed by atoms with E-state index >= 15 is 0 Å². The zero-order valence-electron chi connectivity index (χ0n) is 19.3. The monoisotopic (exact) mass is 507 g/mol. The van der Waals surface area contributed by atoms with Crippen LogP contribution in [0.4, 0.5) is 10.3 Å². The fourth-order valence-electron chi connectivity index (χ4n) is 3.78. The van der Waals surface area contributed by atoms with Crippen molar-refractivity contribution < 1.29 is 22.0 Å². The molecule has 0 saturated carbocycles. The van der Waals surface area contributed by atoms with Crippen LogP contribution in [0.25, 0.3) is 28.5 Å². The predicted octanol–water partition coefficient (Wildman–Crippen LogP) is 4.47. The van der Waals surface area contributed by atoms with Gasteiger partial charge in [0.15, 0.2) is 9.84 Å². The van der Waals surface area contributed by atoms with Crippen molar-refractivity contribution in [3.05, 3.63) is 79.1 Å². The van der Waals surface area contributed by atoms with Crippen LogP contribution in [0.3, 0.4) is 0 Å². The van der Waals surface area contributed by atoms with Gasteiger partial charge in [0.25, 0.3) is 0 Å². The van der Waals surface area contributed by atoms with E-state index in [-0.39, 0.29) is 10.6 Å². The number of aromatic nitrogens is 4. The summed E-state index contributed by atoms with van der Waals surface area (Å²) >= 11 is 0. The lowest BCUT2D eigenvalue weighted by atomic mass is 10.1. The van der Waals surface area contributed by atoms with E-state index in [9.17, 15) is 12.8 Å². The highest BCUT2D eigenvalue weighted by atomic mass is 32.2. The molecule has 5 rings (SSSR count). The Kier molecular flexibility index (Phi) is 6.38. The number of ether oxygens (including phenoxy) is 1. The Balaban J connectivity index is 1.34. The number of hydrogen-bond donors (Lipinski definition) is 1. The summed E-state index contributed by atoms with van der Waals surface area (Å²) in [5, 5.41) is 3.08. The maximum Gasteiger partial charge on any atom is 0.306 e. The number of benzene rings is 2. The van der Waals surface area contributed by atoms with Crippen molar-refractivity contribution in [1.29, 1.82) is 0 Å². The Bertz CT molecular complexity index is 1600. The van der Waals surface area contributed by atoms with E-state index in [2.05, 4.69) is 20.3 Å². The van der Waals surface area contributed by atoms with Gasteiger partial charge in [-0.1, -0.05) is 0 Å². The highest BCUT2D eigenvalue weighted by molar-refractivity contribution is 7.91. The molecule has 9 nitrogen and oxygen atoms in total. The van der Waals surface area contributed by atoms with Gasteiger partial charge in [-0.2, -0.15) is 4.98 Å². The second-order valence-corrected chi connectivity index (χ2v) is 10.0. The van der Waals surface area contributed by atoms with E-state index in [1.54, 1.807) is 36.2 Å². The van der Waals surface area contributed by atoms with Crippen LogP contribution in [0.2, 0.25) is 0 Å². The van der Waals surface area contributed by atoms with Crippen molar-refractivity contribution in [3.8, 4) is 28.4 Å². The molecule has 0 aliphatic heterocycles. The predicted molar refractivity (Wildman–Crippen MR) is 132 cm³/mol. The average Bonchev–Trinajstić information content (AvgIpc) is 3.49. The molecule has 5 aromatic rings. The number of hydrogen-bond acceptors (Lipinski definition) is 8. The second-order valence-electron chi connectivity index (χ2n) is 7.91. The fraction of sp³-hybridized carbons (Fsp3) is 0.160. The van der Waals surface area contributed by atoms with E-state index < -0.39 is 15.7 Å². The third kappa shape index (κ3) is 4.78. The smallest absolute Gasteiger partial charge is 0.306 e. The van der Waals surface area contributed by atoms with Crippen LogP contribution in [0.1, 0.15) is 6.42 Å². The molecule has 3 aromatic heterocycles. The van der Waals surface area contributed by atoms with Gasteiger partial charge in [0.1, 0.15) is 29.2 Å². The van der Waals surface area contributed by atoms with E-state index in [0.29, 0.717) is 36.1 Å². The largest absolute Gasteiger partial charge is 0.497 e. The lowest BCUT2D eigenvalue weighted by molar-refractivity contribution is 0.415. The summed E-state index contributed by atoms with van der Waals surface area (Å²) in [4.78, 5) is 13.6. The van der Waals surface area contributed by atoms with Gasteiger partial charge in [0, 0.05) is 24.5 Å². The van der Waals surface area contributed by atoms with Crippen LogP contribution in [-0.2, 0) is 9.84 Å². The molecule has 3 heterocycles. The number of rotatable bonds is 9. The molecule has 0 atom stereocenters. The SMILES string of the molecule is COc1ccc(-c2nc3occn3c2-c2ccnc(NCCCS(=O)(=O)c3ccc(F)cc3)n2)cc1. The number of halogens is 1. The second kappa shape index (κ2) is 9.78. The van der Waals surface area contributed by atoms with Gasteiger partial charge in [-0.3, -0.25) is 4.40 Å². The maximum atomic E-state index is 13.1. The van der Waals surface area contributed by atoms with Crippen LogP contribution in [0.5, 0.6) is 5.75 Å². The molecular formula is C25H22FN5O4S. The molecule has 1 N–H and O–H groups in total. The first-order valence-electron chi connectivity index (χ1n) is 11.1.